The van der Waals surface area contributed by atoms with E-state index in [1.165, 1.54) is 54.7 Å². The van der Waals surface area contributed by atoms with Crippen molar-refractivity contribution in [3.63, 3.8) is 0 Å². The van der Waals surface area contributed by atoms with Crippen molar-refractivity contribution in [2.24, 2.45) is 14.1 Å². The van der Waals surface area contributed by atoms with Crippen molar-refractivity contribution in [1.29, 1.82) is 0 Å². The molecule has 0 radical (unpaired) electrons. The molecule has 31 heavy (non-hydrogen) atoms. The number of rotatable bonds is 0. The monoisotopic (exact) mass is 482 g/mol. The summed E-state index contributed by atoms with van der Waals surface area (Å²) in [6.45, 7) is 4.30. The average Bonchev–Trinajstić information content (AvgIpc) is 3.41. The molecular weight excluding hydrogens is 459 g/mol. The van der Waals surface area contributed by atoms with Crippen LogP contribution in [0.25, 0.3) is 43.6 Å². The van der Waals surface area contributed by atoms with Gasteiger partial charge in [-0.15, -0.1) is 46.2 Å². The van der Waals surface area contributed by atoms with E-state index < -0.39 is 0 Å². The molecule has 0 saturated carbocycles. The Labute approximate surface area is 210 Å². The molecule has 0 atom stereocenters. The summed E-state index contributed by atoms with van der Waals surface area (Å²) in [6.07, 6.45) is 0. The van der Waals surface area contributed by atoms with Crippen molar-refractivity contribution >= 4 is 43.6 Å². The quantitative estimate of drug-likeness (QED) is 0.223. The minimum Gasteiger partial charge on any atom is -1.00 e. The normalized spacial score (nSPS) is 10.5. The van der Waals surface area contributed by atoms with E-state index in [-0.39, 0.29) is 46.5 Å². The maximum atomic E-state index is 2.26. The summed E-state index contributed by atoms with van der Waals surface area (Å²) in [4.78, 5) is 0. The minimum absolute atomic E-state index is 0. The van der Waals surface area contributed by atoms with Gasteiger partial charge in [-0.05, 0) is 23.2 Å². The zero-order valence-electron chi connectivity index (χ0n) is 18.1. The van der Waals surface area contributed by atoms with Crippen LogP contribution in [0.4, 0.5) is 0 Å². The van der Waals surface area contributed by atoms with Gasteiger partial charge in [-0.25, -0.2) is 0 Å². The number of hydrogen-bond acceptors (Lipinski definition) is 0. The number of nitrogens with zero attached hydrogens (tertiary/aromatic N) is 2. The average molecular weight is 483 g/mol. The minimum atomic E-state index is 0. The third kappa shape index (κ3) is 4.11. The molecule has 156 valence electrons. The second kappa shape index (κ2) is 9.67. The van der Waals surface area contributed by atoms with Crippen molar-refractivity contribution in [3.05, 3.63) is 83.9 Å². The number of halogens is 2. The molecule has 0 bridgehead atoms. The third-order valence-corrected chi connectivity index (χ3v) is 5.86. The number of aromatic nitrogens is 2. The SMILES string of the molecule is Cc1cc2c([cH-]1)c1ccccc1n2C.Cc1cc2c([cH-]1)c1ccccc1n2C.[Cl-].[Cl-].[Ti+4]. The Morgan fingerprint density at radius 1 is 0.581 bits per heavy atom. The van der Waals surface area contributed by atoms with Crippen LogP contribution in [0.5, 0.6) is 0 Å². The van der Waals surface area contributed by atoms with E-state index in [4.69, 9.17) is 0 Å². The fraction of sp³-hybridized carbons (Fsp3) is 0.154. The van der Waals surface area contributed by atoms with Crippen molar-refractivity contribution in [2.75, 3.05) is 0 Å². The van der Waals surface area contributed by atoms with Crippen LogP contribution in [-0.4, -0.2) is 9.13 Å². The number of fused-ring (bicyclic) bond motifs is 6. The van der Waals surface area contributed by atoms with Crippen molar-refractivity contribution in [2.45, 2.75) is 13.8 Å². The first-order chi connectivity index (χ1) is 13.5. The van der Waals surface area contributed by atoms with Crippen LogP contribution >= 0.6 is 0 Å². The van der Waals surface area contributed by atoms with Crippen LogP contribution in [0.1, 0.15) is 11.1 Å². The van der Waals surface area contributed by atoms with Gasteiger partial charge in [0.05, 0.1) is 0 Å². The largest absolute Gasteiger partial charge is 4.00 e. The molecule has 0 unspecified atom stereocenters. The second-order valence-corrected chi connectivity index (χ2v) is 7.82. The molecule has 6 rings (SSSR count). The van der Waals surface area contributed by atoms with E-state index >= 15 is 0 Å². The Hall–Kier alpha value is -1.97. The third-order valence-electron chi connectivity index (χ3n) is 5.86. The summed E-state index contributed by atoms with van der Waals surface area (Å²) >= 11 is 0. The predicted molar refractivity (Wildman–Crippen MR) is 122 cm³/mol. The fourth-order valence-corrected chi connectivity index (χ4v) is 4.51. The van der Waals surface area contributed by atoms with Gasteiger partial charge in [0.1, 0.15) is 0 Å². The fourth-order valence-electron chi connectivity index (χ4n) is 4.51. The molecule has 5 heteroatoms. The first-order valence-electron chi connectivity index (χ1n) is 9.75. The smallest absolute Gasteiger partial charge is 1.00 e. The van der Waals surface area contributed by atoms with Crippen LogP contribution < -0.4 is 24.8 Å². The van der Waals surface area contributed by atoms with Gasteiger partial charge in [-0.3, -0.25) is 0 Å². The molecule has 4 aromatic carbocycles. The summed E-state index contributed by atoms with van der Waals surface area (Å²) in [5.74, 6) is 0. The zero-order chi connectivity index (χ0) is 19.4. The molecule has 0 amide bonds. The van der Waals surface area contributed by atoms with E-state index in [0.717, 1.165) is 0 Å². The summed E-state index contributed by atoms with van der Waals surface area (Å²) in [7, 11) is 4.26. The maximum absolute atomic E-state index is 2.26. The maximum Gasteiger partial charge on any atom is 4.00 e. The molecule has 0 fully saturated rings. The van der Waals surface area contributed by atoms with Crippen molar-refractivity contribution in [3.8, 4) is 0 Å². The van der Waals surface area contributed by atoms with Gasteiger partial charge in [0, 0.05) is 14.1 Å². The zero-order valence-corrected chi connectivity index (χ0v) is 21.2. The number of hydrogen-bond donors (Lipinski definition) is 0. The van der Waals surface area contributed by atoms with Gasteiger partial charge in [0.2, 0.25) is 0 Å². The summed E-state index contributed by atoms with van der Waals surface area (Å²) in [5, 5.41) is 5.47. The standard InChI is InChI=1S/2C13H12N.2ClH.Ti/c2*1-9-7-11-10-5-3-4-6-12(10)14(2)13(11)8-9;;;/h2*3-8H,1-2H3;2*1H;/q2*-1;;;+4/p-2. The predicted octanol–water partition coefficient (Wildman–Crippen LogP) is 0.723. The first-order valence-corrected chi connectivity index (χ1v) is 9.75. The van der Waals surface area contributed by atoms with E-state index in [2.05, 4.69) is 110 Å². The number of benzene rings is 2. The Balaban J connectivity index is 0.000000201. The van der Waals surface area contributed by atoms with Crippen LogP contribution in [0.2, 0.25) is 0 Å². The second-order valence-electron chi connectivity index (χ2n) is 7.82. The molecular formula is C26H24Cl2N2Ti. The van der Waals surface area contributed by atoms with Crippen LogP contribution in [0, 0.1) is 13.8 Å². The number of para-hydroxylation sites is 2. The van der Waals surface area contributed by atoms with Crippen molar-refractivity contribution < 1.29 is 46.5 Å². The van der Waals surface area contributed by atoms with E-state index in [0.29, 0.717) is 0 Å². The van der Waals surface area contributed by atoms with E-state index in [1.807, 2.05) is 0 Å². The van der Waals surface area contributed by atoms with E-state index in [9.17, 15) is 0 Å². The van der Waals surface area contributed by atoms with E-state index in [1.54, 1.807) is 0 Å². The topological polar surface area (TPSA) is 9.86 Å². The van der Waals surface area contributed by atoms with Gasteiger partial charge < -0.3 is 33.9 Å². The summed E-state index contributed by atoms with van der Waals surface area (Å²) in [5.41, 5.74) is 8.00. The van der Waals surface area contributed by atoms with Gasteiger partial charge in [0.15, 0.2) is 0 Å². The molecule has 2 nitrogen and oxygen atoms in total. The summed E-state index contributed by atoms with van der Waals surface area (Å²) in [6, 6.07) is 26.1. The van der Waals surface area contributed by atoms with Gasteiger partial charge in [-0.1, -0.05) is 72.1 Å². The molecule has 0 aliphatic heterocycles. The molecule has 0 N–H and O–H groups in total. The molecule has 0 aliphatic rings. The molecule has 0 aliphatic carbocycles. The Morgan fingerprint density at radius 2 is 0.935 bits per heavy atom. The molecule has 0 spiro atoms. The van der Waals surface area contributed by atoms with Gasteiger partial charge in [-0.2, -0.15) is 0 Å². The van der Waals surface area contributed by atoms with Gasteiger partial charge >= 0.3 is 21.7 Å². The summed E-state index contributed by atoms with van der Waals surface area (Å²) < 4.78 is 4.52. The molecule has 6 aromatic rings. The molecule has 2 aromatic heterocycles. The Bertz CT molecular complexity index is 1350. The molecule has 2 heterocycles. The Morgan fingerprint density at radius 3 is 1.32 bits per heavy atom. The van der Waals surface area contributed by atoms with Crippen LogP contribution in [-0.2, 0) is 35.8 Å². The first kappa shape index (κ1) is 25.3. The number of aryl methyl sites for hydroxylation is 4. The Kier molecular flexibility index (Phi) is 7.89. The van der Waals surface area contributed by atoms with Crippen molar-refractivity contribution in [1.82, 2.24) is 9.13 Å². The van der Waals surface area contributed by atoms with Crippen LogP contribution in [0.15, 0.2) is 72.8 Å². The van der Waals surface area contributed by atoms with Crippen LogP contribution in [0.3, 0.4) is 0 Å². The molecule has 0 saturated heterocycles. The van der Waals surface area contributed by atoms with Gasteiger partial charge in [0.25, 0.3) is 0 Å².